The predicted octanol–water partition coefficient (Wildman–Crippen LogP) is 2.47. The lowest BCUT2D eigenvalue weighted by Crippen LogP contribution is -2.20. The van der Waals surface area contributed by atoms with Crippen molar-refractivity contribution in [3.63, 3.8) is 0 Å². The summed E-state index contributed by atoms with van der Waals surface area (Å²) in [5, 5.41) is 15.9. The first-order valence-electron chi connectivity index (χ1n) is 6.06. The second-order valence-electron chi connectivity index (χ2n) is 4.20. The molecule has 0 atom stereocenters. The van der Waals surface area contributed by atoms with Crippen molar-refractivity contribution in [1.29, 1.82) is 10.8 Å². The highest BCUT2D eigenvalue weighted by Gasteiger charge is 2.23. The SMILES string of the molecule is N=C1C=NC(c2ccccn2)=C(c2ccccn2)C1=N. The number of nitrogens with zero attached hydrogens (tertiary/aromatic N) is 3. The van der Waals surface area contributed by atoms with E-state index in [4.69, 9.17) is 10.8 Å². The summed E-state index contributed by atoms with van der Waals surface area (Å²) in [6.07, 6.45) is 4.71. The highest BCUT2D eigenvalue weighted by atomic mass is 14.8. The van der Waals surface area contributed by atoms with Gasteiger partial charge in [0.05, 0.1) is 34.6 Å². The second kappa shape index (κ2) is 4.97. The lowest BCUT2D eigenvalue weighted by molar-refractivity contribution is 1.24. The van der Waals surface area contributed by atoms with Gasteiger partial charge in [-0.1, -0.05) is 12.1 Å². The first-order valence-corrected chi connectivity index (χ1v) is 6.06. The van der Waals surface area contributed by atoms with Crippen LogP contribution >= 0.6 is 0 Å². The smallest absolute Gasteiger partial charge is 0.100 e. The van der Waals surface area contributed by atoms with E-state index in [9.17, 15) is 0 Å². The van der Waals surface area contributed by atoms with Crippen LogP contribution in [-0.4, -0.2) is 27.6 Å². The molecule has 1 aliphatic rings. The molecular weight excluding hydrogens is 250 g/mol. The van der Waals surface area contributed by atoms with Crippen LogP contribution in [0.1, 0.15) is 11.4 Å². The van der Waals surface area contributed by atoms with Crippen LogP contribution in [0.25, 0.3) is 11.3 Å². The van der Waals surface area contributed by atoms with Crippen LogP contribution in [0.4, 0.5) is 0 Å². The van der Waals surface area contributed by atoms with Crippen molar-refractivity contribution in [2.24, 2.45) is 4.99 Å². The fraction of sp³-hybridized carbons (Fsp3) is 0. The molecular formula is C15H11N5. The zero-order chi connectivity index (χ0) is 13.9. The molecule has 0 radical (unpaired) electrons. The van der Waals surface area contributed by atoms with Crippen molar-refractivity contribution < 1.29 is 0 Å². The van der Waals surface area contributed by atoms with Crippen LogP contribution in [0, 0.1) is 10.8 Å². The molecule has 0 amide bonds. The molecule has 2 aromatic heterocycles. The Hall–Kier alpha value is -2.95. The van der Waals surface area contributed by atoms with Gasteiger partial charge in [-0.15, -0.1) is 0 Å². The highest BCUT2D eigenvalue weighted by Crippen LogP contribution is 2.28. The average Bonchev–Trinajstić information content (AvgIpc) is 2.51. The molecule has 5 nitrogen and oxygen atoms in total. The van der Waals surface area contributed by atoms with Gasteiger partial charge in [0.15, 0.2) is 0 Å². The summed E-state index contributed by atoms with van der Waals surface area (Å²) in [7, 11) is 0. The number of pyridine rings is 2. The number of hydrogen-bond acceptors (Lipinski definition) is 5. The summed E-state index contributed by atoms with van der Waals surface area (Å²) in [5.74, 6) is 0. The molecule has 3 heterocycles. The molecule has 0 unspecified atom stereocenters. The van der Waals surface area contributed by atoms with E-state index >= 15 is 0 Å². The zero-order valence-corrected chi connectivity index (χ0v) is 10.5. The maximum Gasteiger partial charge on any atom is 0.100 e. The minimum Gasteiger partial charge on any atom is -0.298 e. The zero-order valence-electron chi connectivity index (χ0n) is 10.5. The van der Waals surface area contributed by atoms with Gasteiger partial charge >= 0.3 is 0 Å². The van der Waals surface area contributed by atoms with E-state index in [0.717, 1.165) is 0 Å². The molecule has 2 N–H and O–H groups in total. The molecule has 0 aliphatic carbocycles. The molecule has 20 heavy (non-hydrogen) atoms. The third kappa shape index (κ3) is 2.05. The lowest BCUT2D eigenvalue weighted by atomic mass is 9.96. The number of hydrogen-bond donors (Lipinski definition) is 2. The molecule has 0 saturated heterocycles. The second-order valence-corrected chi connectivity index (χ2v) is 4.20. The minimum absolute atomic E-state index is 0.0744. The van der Waals surface area contributed by atoms with E-state index in [2.05, 4.69) is 15.0 Å². The van der Waals surface area contributed by atoms with Gasteiger partial charge in [-0.2, -0.15) is 0 Å². The van der Waals surface area contributed by atoms with Crippen molar-refractivity contribution in [2.75, 3.05) is 0 Å². The molecule has 0 bridgehead atoms. The van der Waals surface area contributed by atoms with Crippen LogP contribution < -0.4 is 0 Å². The Kier molecular flexibility index (Phi) is 3.01. The quantitative estimate of drug-likeness (QED) is 0.870. The Morgan fingerprint density at radius 1 is 0.800 bits per heavy atom. The summed E-state index contributed by atoms with van der Waals surface area (Å²) in [5.41, 5.74) is 2.59. The molecule has 0 aromatic carbocycles. The van der Waals surface area contributed by atoms with Crippen molar-refractivity contribution >= 4 is 28.9 Å². The molecule has 0 fully saturated rings. The maximum absolute atomic E-state index is 8.13. The van der Waals surface area contributed by atoms with Gasteiger partial charge in [0, 0.05) is 12.4 Å². The fourth-order valence-electron chi connectivity index (χ4n) is 1.97. The van der Waals surface area contributed by atoms with Crippen LogP contribution in [0.5, 0.6) is 0 Å². The average molecular weight is 261 g/mol. The van der Waals surface area contributed by atoms with Gasteiger partial charge < -0.3 is 0 Å². The molecule has 96 valence electrons. The number of rotatable bonds is 2. The molecule has 5 heteroatoms. The van der Waals surface area contributed by atoms with E-state index in [0.29, 0.717) is 22.7 Å². The Morgan fingerprint density at radius 2 is 1.45 bits per heavy atom. The summed E-state index contributed by atoms with van der Waals surface area (Å²) >= 11 is 0. The van der Waals surface area contributed by atoms with Gasteiger partial charge in [-0.25, -0.2) is 0 Å². The third-order valence-electron chi connectivity index (χ3n) is 2.91. The van der Waals surface area contributed by atoms with Crippen LogP contribution in [0.3, 0.4) is 0 Å². The fourth-order valence-corrected chi connectivity index (χ4v) is 1.97. The van der Waals surface area contributed by atoms with Gasteiger partial charge in [0.1, 0.15) is 5.70 Å². The summed E-state index contributed by atoms with van der Waals surface area (Å²) < 4.78 is 0. The van der Waals surface area contributed by atoms with Gasteiger partial charge in [0.2, 0.25) is 0 Å². The van der Waals surface area contributed by atoms with Gasteiger partial charge in [-0.3, -0.25) is 25.8 Å². The van der Waals surface area contributed by atoms with E-state index in [-0.39, 0.29) is 11.4 Å². The van der Waals surface area contributed by atoms with Crippen molar-refractivity contribution in [3.05, 3.63) is 60.2 Å². The van der Waals surface area contributed by atoms with E-state index in [1.54, 1.807) is 18.5 Å². The third-order valence-corrected chi connectivity index (χ3v) is 2.91. The molecule has 1 aliphatic heterocycles. The maximum atomic E-state index is 8.13. The Morgan fingerprint density at radius 3 is 2.05 bits per heavy atom. The minimum atomic E-state index is 0.0744. The summed E-state index contributed by atoms with van der Waals surface area (Å²) in [6.45, 7) is 0. The van der Waals surface area contributed by atoms with Gasteiger partial charge in [-0.05, 0) is 24.3 Å². The predicted molar refractivity (Wildman–Crippen MR) is 79.2 cm³/mol. The monoisotopic (exact) mass is 261 g/mol. The standard InChI is InChI=1S/C15H11N5/c16-10-9-20-15(12-6-2-4-8-19-12)13(14(10)17)11-5-1-3-7-18-11/h1-9,16-17H. The van der Waals surface area contributed by atoms with E-state index in [1.165, 1.54) is 6.21 Å². The number of aromatic nitrogens is 2. The van der Waals surface area contributed by atoms with Crippen molar-refractivity contribution in [3.8, 4) is 0 Å². The first-order chi connectivity index (χ1) is 9.77. The number of nitrogens with one attached hydrogen (secondary N) is 2. The molecule has 0 saturated carbocycles. The largest absolute Gasteiger partial charge is 0.298 e. The number of allylic oxidation sites excluding steroid dienone is 1. The molecule has 2 aromatic rings. The van der Waals surface area contributed by atoms with Crippen LogP contribution in [-0.2, 0) is 0 Å². The Balaban J connectivity index is 2.25. The number of aliphatic imine (C=N–C) groups is 1. The van der Waals surface area contributed by atoms with Crippen LogP contribution in [0.2, 0.25) is 0 Å². The van der Waals surface area contributed by atoms with E-state index < -0.39 is 0 Å². The molecule has 3 rings (SSSR count). The lowest BCUT2D eigenvalue weighted by Gasteiger charge is -2.16. The topological polar surface area (TPSA) is 85.8 Å². The van der Waals surface area contributed by atoms with Crippen molar-refractivity contribution in [2.45, 2.75) is 0 Å². The molecule has 0 spiro atoms. The Labute approximate surface area is 115 Å². The van der Waals surface area contributed by atoms with Gasteiger partial charge in [0.25, 0.3) is 0 Å². The van der Waals surface area contributed by atoms with Crippen LogP contribution in [0.15, 0.2) is 53.8 Å². The highest BCUT2D eigenvalue weighted by molar-refractivity contribution is 6.73. The Bertz CT molecular complexity index is 729. The summed E-state index contributed by atoms with van der Waals surface area (Å²) in [6, 6.07) is 11.0. The summed E-state index contributed by atoms with van der Waals surface area (Å²) in [4.78, 5) is 12.8. The van der Waals surface area contributed by atoms with E-state index in [1.807, 2.05) is 30.3 Å². The normalized spacial score (nSPS) is 14.8. The van der Waals surface area contributed by atoms with Crippen molar-refractivity contribution in [1.82, 2.24) is 9.97 Å². The first kappa shape index (κ1) is 12.1.